The third-order valence-electron chi connectivity index (χ3n) is 4.56. The van der Waals surface area contributed by atoms with Crippen molar-refractivity contribution in [1.82, 2.24) is 9.78 Å². The first-order valence-corrected chi connectivity index (χ1v) is 12.1. The van der Waals surface area contributed by atoms with E-state index in [4.69, 9.17) is 0 Å². The van der Waals surface area contributed by atoms with E-state index in [9.17, 15) is 8.42 Å². The highest BCUT2D eigenvalue weighted by Crippen LogP contribution is 2.32. The number of aryl methyl sites for hydroxylation is 1. The average Bonchev–Trinajstić information content (AvgIpc) is 3.01. The van der Waals surface area contributed by atoms with Gasteiger partial charge in [0.15, 0.2) is 0 Å². The fourth-order valence-corrected chi connectivity index (χ4v) is 7.01. The maximum atomic E-state index is 12.6. The quantitative estimate of drug-likeness (QED) is 0.708. The number of aromatic nitrogens is 2. The molecule has 2 unspecified atom stereocenters. The zero-order chi connectivity index (χ0) is 18.0. The van der Waals surface area contributed by atoms with Gasteiger partial charge in [0.05, 0.1) is 21.6 Å². The summed E-state index contributed by atoms with van der Waals surface area (Å²) in [5.41, 5.74) is 1.04. The number of nitrogens with zero attached hydrogens (tertiary/aromatic N) is 3. The molecule has 3 atom stereocenters. The van der Waals surface area contributed by atoms with Gasteiger partial charge in [-0.3, -0.25) is 4.68 Å². The van der Waals surface area contributed by atoms with Crippen LogP contribution in [0.3, 0.4) is 0 Å². The Kier molecular flexibility index (Phi) is 5.80. The van der Waals surface area contributed by atoms with Gasteiger partial charge in [-0.05, 0) is 60.5 Å². The molecule has 3 rings (SSSR count). The number of benzene rings is 1. The molecule has 0 bridgehead atoms. The van der Waals surface area contributed by atoms with Crippen LogP contribution < -0.4 is 0 Å². The first-order valence-electron chi connectivity index (χ1n) is 8.24. The second-order valence-corrected chi connectivity index (χ2v) is 11.1. The van der Waals surface area contributed by atoms with Crippen molar-refractivity contribution in [1.29, 1.82) is 0 Å². The van der Waals surface area contributed by atoms with E-state index in [-0.39, 0.29) is 10.1 Å². The van der Waals surface area contributed by atoms with E-state index in [2.05, 4.69) is 24.8 Å². The maximum Gasteiger partial charge on any atom is 0.287 e. The Morgan fingerprint density at radius 1 is 1.28 bits per heavy atom. The third-order valence-corrected chi connectivity index (χ3v) is 8.96. The zero-order valence-electron chi connectivity index (χ0n) is 14.3. The lowest BCUT2D eigenvalue weighted by atomic mass is 9.95. The minimum atomic E-state index is -3.60. The lowest BCUT2D eigenvalue weighted by Gasteiger charge is -2.29. The van der Waals surface area contributed by atoms with Crippen LogP contribution in [0.25, 0.3) is 0 Å². The Morgan fingerprint density at radius 3 is 2.64 bits per heavy atom. The highest BCUT2D eigenvalue weighted by molar-refractivity contribution is 9.10. The molecule has 1 aliphatic carbocycles. The Balaban J connectivity index is 1.78. The van der Waals surface area contributed by atoms with E-state index in [1.807, 2.05) is 36.2 Å². The van der Waals surface area contributed by atoms with Gasteiger partial charge in [0, 0.05) is 11.4 Å². The van der Waals surface area contributed by atoms with Gasteiger partial charge < -0.3 is 0 Å². The van der Waals surface area contributed by atoms with Gasteiger partial charge in [-0.15, -0.1) is 3.77 Å². The molecule has 25 heavy (non-hydrogen) atoms. The maximum absolute atomic E-state index is 12.6. The molecular formula is C17H22BrN3O2S2. The summed E-state index contributed by atoms with van der Waals surface area (Å²) < 4.78 is 32.3. The molecular weight excluding hydrogens is 422 g/mol. The van der Waals surface area contributed by atoms with E-state index in [1.165, 1.54) is 0 Å². The summed E-state index contributed by atoms with van der Waals surface area (Å²) in [6.07, 6.45) is 9.81. The zero-order valence-corrected chi connectivity index (χ0v) is 17.5. The molecule has 1 aromatic heterocycles. The minimum Gasteiger partial charge on any atom is -0.268 e. The van der Waals surface area contributed by atoms with Crippen molar-refractivity contribution in [3.8, 4) is 0 Å². The predicted molar refractivity (Wildman–Crippen MR) is 105 cm³/mol. The van der Waals surface area contributed by atoms with Crippen LogP contribution in [0, 0.1) is 6.92 Å². The normalized spacial score (nSPS) is 22.8. The Morgan fingerprint density at radius 2 is 2.00 bits per heavy atom. The molecule has 136 valence electrons. The molecule has 0 N–H and O–H groups in total. The largest absolute Gasteiger partial charge is 0.287 e. The molecule has 1 fully saturated rings. The van der Waals surface area contributed by atoms with Crippen molar-refractivity contribution in [2.75, 3.05) is 6.26 Å². The van der Waals surface area contributed by atoms with E-state index >= 15 is 0 Å². The van der Waals surface area contributed by atoms with Crippen molar-refractivity contribution in [2.24, 2.45) is 3.77 Å². The highest BCUT2D eigenvalue weighted by atomic mass is 79.9. The van der Waals surface area contributed by atoms with Gasteiger partial charge in [-0.25, -0.2) is 0 Å². The van der Waals surface area contributed by atoms with Gasteiger partial charge in [0.1, 0.15) is 0 Å². The molecule has 0 spiro atoms. The van der Waals surface area contributed by atoms with Crippen molar-refractivity contribution >= 4 is 36.6 Å². The number of halogens is 1. The number of hydrogen-bond donors (Lipinski definition) is 0. The average molecular weight is 444 g/mol. The predicted octanol–water partition coefficient (Wildman–Crippen LogP) is 4.26. The molecule has 0 aliphatic heterocycles. The summed E-state index contributed by atoms with van der Waals surface area (Å²) in [7, 11) is -4.13. The Hall–Kier alpha value is -0.990. The Bertz CT molecular complexity index is 876. The molecule has 8 heteroatoms. The van der Waals surface area contributed by atoms with Crippen LogP contribution in [0.5, 0.6) is 0 Å². The third kappa shape index (κ3) is 4.60. The lowest BCUT2D eigenvalue weighted by Crippen LogP contribution is -2.26. The van der Waals surface area contributed by atoms with E-state index in [1.54, 1.807) is 18.3 Å². The van der Waals surface area contributed by atoms with Gasteiger partial charge >= 0.3 is 0 Å². The van der Waals surface area contributed by atoms with Crippen LogP contribution in [0.4, 0.5) is 0 Å². The van der Waals surface area contributed by atoms with Crippen molar-refractivity contribution in [3.63, 3.8) is 0 Å². The van der Waals surface area contributed by atoms with Gasteiger partial charge in [-0.2, -0.15) is 13.5 Å². The van der Waals surface area contributed by atoms with Crippen LogP contribution >= 0.6 is 15.9 Å². The molecule has 1 aliphatic rings. The molecule has 2 aromatic rings. The number of rotatable bonds is 4. The topological polar surface area (TPSA) is 64.3 Å². The molecule has 1 heterocycles. The first-order chi connectivity index (χ1) is 11.8. The molecule has 1 aromatic carbocycles. The summed E-state index contributed by atoms with van der Waals surface area (Å²) in [4.78, 5) is 0.279. The van der Waals surface area contributed by atoms with E-state index in [0.717, 1.165) is 35.7 Å². The highest BCUT2D eigenvalue weighted by Gasteiger charge is 2.26. The van der Waals surface area contributed by atoms with Crippen LogP contribution in [0.15, 0.2) is 49.8 Å². The van der Waals surface area contributed by atoms with Crippen LogP contribution in [-0.4, -0.2) is 29.7 Å². The van der Waals surface area contributed by atoms with Crippen molar-refractivity contribution < 1.29 is 8.42 Å². The summed E-state index contributed by atoms with van der Waals surface area (Å²) in [6.45, 7) is 1.94. The lowest BCUT2D eigenvalue weighted by molar-refractivity contribution is 0.335. The van der Waals surface area contributed by atoms with E-state index < -0.39 is 20.7 Å². The second-order valence-electron chi connectivity index (χ2n) is 6.47. The molecule has 5 nitrogen and oxygen atoms in total. The van der Waals surface area contributed by atoms with Gasteiger partial charge in [-0.1, -0.05) is 34.8 Å². The van der Waals surface area contributed by atoms with Crippen LogP contribution in [-0.2, 0) is 20.7 Å². The smallest absolute Gasteiger partial charge is 0.268 e. The summed E-state index contributed by atoms with van der Waals surface area (Å²) >= 11 is 3.43. The molecule has 0 amide bonds. The summed E-state index contributed by atoms with van der Waals surface area (Å²) in [6, 6.07) is 7.20. The van der Waals surface area contributed by atoms with Gasteiger partial charge in [0.2, 0.25) is 0 Å². The van der Waals surface area contributed by atoms with Gasteiger partial charge in [0.25, 0.3) is 10.0 Å². The molecule has 0 radical (unpaired) electrons. The van der Waals surface area contributed by atoms with Crippen LogP contribution in [0.1, 0.15) is 37.3 Å². The molecule has 0 saturated heterocycles. The summed E-state index contributed by atoms with van der Waals surface area (Å²) in [5.74, 6) is 0. The van der Waals surface area contributed by atoms with Crippen molar-refractivity contribution in [2.45, 2.75) is 48.8 Å². The minimum absolute atomic E-state index is 0.279. The monoisotopic (exact) mass is 443 g/mol. The van der Waals surface area contributed by atoms with Crippen LogP contribution in [0.2, 0.25) is 0 Å². The SMILES string of the molecule is Cc1ccc(S(=O)(=O)N=S(C)[C@@H]2CCCC(n3cc(Br)cn3)C2)cc1. The second kappa shape index (κ2) is 7.72. The Labute approximate surface area is 160 Å². The standard InChI is InChI=1S/C17H22BrN3O2S2/c1-13-6-8-17(9-7-13)25(22,23)20-24(2)16-5-3-4-15(10-16)21-12-14(18)11-19-21/h6-9,11-12,15-16H,3-5,10H2,1-2H3/t15?,16-,24?/m1/s1. The number of hydrogen-bond acceptors (Lipinski definition) is 3. The molecule has 1 saturated carbocycles. The summed E-state index contributed by atoms with van der Waals surface area (Å²) in [5, 5.41) is 4.67. The fraction of sp³-hybridized carbons (Fsp3) is 0.471. The first kappa shape index (κ1) is 18.8. The number of sulfonamides is 1. The van der Waals surface area contributed by atoms with Crippen molar-refractivity contribution in [3.05, 3.63) is 46.7 Å². The van der Waals surface area contributed by atoms with E-state index in [0.29, 0.717) is 6.04 Å². The fourth-order valence-electron chi connectivity index (χ4n) is 3.15.